The summed E-state index contributed by atoms with van der Waals surface area (Å²) in [4.78, 5) is 25.8. The first kappa shape index (κ1) is 21.1. The monoisotopic (exact) mass is 445 g/mol. The Kier molecular flexibility index (Phi) is 5.73. The molecule has 2 aliphatic heterocycles. The molecular formula is C25H27N5O3. The number of carbonyl (C=O) groups is 1. The Bertz CT molecular complexity index is 1100. The maximum Gasteiger partial charge on any atom is 0.254 e. The van der Waals surface area contributed by atoms with Crippen LogP contribution in [0.5, 0.6) is 11.5 Å². The van der Waals surface area contributed by atoms with Gasteiger partial charge in [-0.25, -0.2) is 4.98 Å². The Morgan fingerprint density at radius 2 is 2.00 bits per heavy atom. The second-order valence-corrected chi connectivity index (χ2v) is 8.63. The quantitative estimate of drug-likeness (QED) is 0.647. The highest BCUT2D eigenvalue weighted by molar-refractivity contribution is 5.96. The molecule has 0 spiro atoms. The van der Waals surface area contributed by atoms with Crippen molar-refractivity contribution in [2.75, 3.05) is 49.6 Å². The number of rotatable bonds is 5. The molecule has 3 aromatic rings. The van der Waals surface area contributed by atoms with Crippen molar-refractivity contribution in [2.45, 2.75) is 12.5 Å². The summed E-state index contributed by atoms with van der Waals surface area (Å²) in [6.07, 6.45) is 5.19. The molecule has 1 fully saturated rings. The summed E-state index contributed by atoms with van der Waals surface area (Å²) in [5.74, 6) is 2.43. The Hall–Kier alpha value is -3.81. The fourth-order valence-electron chi connectivity index (χ4n) is 4.10. The van der Waals surface area contributed by atoms with Crippen LogP contribution in [0.1, 0.15) is 17.3 Å². The molecule has 1 aromatic carbocycles. The molecule has 33 heavy (non-hydrogen) atoms. The molecular weight excluding hydrogens is 418 g/mol. The van der Waals surface area contributed by atoms with E-state index in [0.29, 0.717) is 37.6 Å². The molecule has 8 nitrogen and oxygen atoms in total. The number of piperazine rings is 1. The van der Waals surface area contributed by atoms with Crippen molar-refractivity contribution in [1.29, 1.82) is 0 Å². The summed E-state index contributed by atoms with van der Waals surface area (Å²) in [6.45, 7) is 5.75. The van der Waals surface area contributed by atoms with Crippen LogP contribution in [0.2, 0.25) is 0 Å². The van der Waals surface area contributed by atoms with Gasteiger partial charge in [-0.05, 0) is 49.4 Å². The number of pyridine rings is 2. The molecule has 0 saturated carbocycles. The number of carbonyl (C=O) groups excluding carboxylic acids is 1. The van der Waals surface area contributed by atoms with Crippen molar-refractivity contribution in [3.63, 3.8) is 0 Å². The lowest BCUT2D eigenvalue weighted by atomic mass is 10.0. The van der Waals surface area contributed by atoms with Gasteiger partial charge in [0.05, 0.1) is 11.9 Å². The number of aromatic nitrogens is 2. The molecule has 4 heterocycles. The molecule has 1 unspecified atom stereocenters. The van der Waals surface area contributed by atoms with Gasteiger partial charge in [0.1, 0.15) is 36.1 Å². The van der Waals surface area contributed by atoms with E-state index in [9.17, 15) is 4.79 Å². The number of nitrogens with zero attached hydrogens (tertiary/aromatic N) is 4. The largest absolute Gasteiger partial charge is 0.489 e. The molecule has 5 rings (SSSR count). The summed E-state index contributed by atoms with van der Waals surface area (Å²) in [7, 11) is 0. The fraction of sp³-hybridized carbons (Fsp3) is 0.320. The van der Waals surface area contributed by atoms with Crippen molar-refractivity contribution in [3.05, 3.63) is 72.7 Å². The Balaban J connectivity index is 1.23. The summed E-state index contributed by atoms with van der Waals surface area (Å²) >= 11 is 0. The highest BCUT2D eigenvalue weighted by Crippen LogP contribution is 2.34. The lowest BCUT2D eigenvalue weighted by Gasteiger charge is -2.37. The normalized spacial score (nSPS) is 19.8. The SMILES string of the molecule is CC1(COc2cccnc2)COc2ccc(C(=O)N3CCN(c4ccccn4)CC3)cc2N1. The second kappa shape index (κ2) is 8.97. The van der Waals surface area contributed by atoms with Gasteiger partial charge in [0, 0.05) is 44.1 Å². The zero-order valence-corrected chi connectivity index (χ0v) is 18.6. The van der Waals surface area contributed by atoms with E-state index < -0.39 is 5.54 Å². The van der Waals surface area contributed by atoms with Crippen LogP contribution >= 0.6 is 0 Å². The van der Waals surface area contributed by atoms with E-state index >= 15 is 0 Å². The number of ether oxygens (including phenoxy) is 2. The van der Waals surface area contributed by atoms with Crippen LogP contribution in [0.4, 0.5) is 11.5 Å². The Labute approximate surface area is 193 Å². The Morgan fingerprint density at radius 1 is 1.12 bits per heavy atom. The predicted octanol–water partition coefficient (Wildman–Crippen LogP) is 3.08. The van der Waals surface area contributed by atoms with Crippen molar-refractivity contribution < 1.29 is 14.3 Å². The molecule has 0 radical (unpaired) electrons. The van der Waals surface area contributed by atoms with E-state index in [1.54, 1.807) is 18.6 Å². The van der Waals surface area contributed by atoms with Gasteiger partial charge in [-0.2, -0.15) is 0 Å². The maximum absolute atomic E-state index is 13.2. The number of fused-ring (bicyclic) bond motifs is 1. The first-order valence-electron chi connectivity index (χ1n) is 11.1. The van der Waals surface area contributed by atoms with Crippen LogP contribution in [0.25, 0.3) is 0 Å². The summed E-state index contributed by atoms with van der Waals surface area (Å²) in [5.41, 5.74) is 1.02. The molecule has 2 aliphatic rings. The van der Waals surface area contributed by atoms with Gasteiger partial charge in [-0.3, -0.25) is 9.78 Å². The second-order valence-electron chi connectivity index (χ2n) is 8.63. The molecule has 170 valence electrons. The average Bonchev–Trinajstić information content (AvgIpc) is 2.88. The zero-order chi connectivity index (χ0) is 22.7. The zero-order valence-electron chi connectivity index (χ0n) is 18.6. The predicted molar refractivity (Wildman–Crippen MR) is 126 cm³/mol. The van der Waals surface area contributed by atoms with Crippen molar-refractivity contribution in [1.82, 2.24) is 14.9 Å². The van der Waals surface area contributed by atoms with Crippen LogP contribution in [0, 0.1) is 0 Å². The minimum Gasteiger partial charge on any atom is -0.489 e. The van der Waals surface area contributed by atoms with Gasteiger partial charge in [0.2, 0.25) is 0 Å². The smallest absolute Gasteiger partial charge is 0.254 e. The van der Waals surface area contributed by atoms with E-state index in [4.69, 9.17) is 9.47 Å². The van der Waals surface area contributed by atoms with E-state index in [2.05, 4.69) is 20.2 Å². The Morgan fingerprint density at radius 3 is 2.76 bits per heavy atom. The number of anilines is 2. The number of amides is 1. The fourth-order valence-corrected chi connectivity index (χ4v) is 4.10. The number of nitrogens with one attached hydrogen (secondary N) is 1. The first-order chi connectivity index (χ1) is 16.1. The summed E-state index contributed by atoms with van der Waals surface area (Å²) in [6, 6.07) is 15.2. The topological polar surface area (TPSA) is 79.8 Å². The van der Waals surface area contributed by atoms with E-state index in [0.717, 1.165) is 30.3 Å². The molecule has 0 aliphatic carbocycles. The minimum absolute atomic E-state index is 0.0270. The van der Waals surface area contributed by atoms with Crippen LogP contribution in [0.3, 0.4) is 0 Å². The molecule has 1 N–H and O–H groups in total. The number of hydrogen-bond acceptors (Lipinski definition) is 7. The van der Waals surface area contributed by atoms with Gasteiger partial charge in [0.15, 0.2) is 0 Å². The molecule has 8 heteroatoms. The first-order valence-corrected chi connectivity index (χ1v) is 11.1. The highest BCUT2D eigenvalue weighted by atomic mass is 16.5. The van der Waals surface area contributed by atoms with Gasteiger partial charge < -0.3 is 24.6 Å². The van der Waals surface area contributed by atoms with Crippen molar-refractivity contribution in [3.8, 4) is 11.5 Å². The van der Waals surface area contributed by atoms with Crippen LogP contribution in [-0.4, -0.2) is 65.7 Å². The van der Waals surface area contributed by atoms with Crippen molar-refractivity contribution in [2.24, 2.45) is 0 Å². The number of hydrogen-bond donors (Lipinski definition) is 1. The van der Waals surface area contributed by atoms with Gasteiger partial charge in [-0.15, -0.1) is 0 Å². The van der Waals surface area contributed by atoms with Gasteiger partial charge in [0.25, 0.3) is 5.91 Å². The van der Waals surface area contributed by atoms with E-state index in [1.165, 1.54) is 0 Å². The van der Waals surface area contributed by atoms with Crippen LogP contribution in [-0.2, 0) is 0 Å². The van der Waals surface area contributed by atoms with E-state index in [-0.39, 0.29) is 5.91 Å². The molecule has 2 aromatic heterocycles. The average molecular weight is 446 g/mol. The summed E-state index contributed by atoms with van der Waals surface area (Å²) in [5, 5.41) is 3.51. The third-order valence-electron chi connectivity index (χ3n) is 5.94. The molecule has 1 saturated heterocycles. The van der Waals surface area contributed by atoms with Gasteiger partial charge in [-0.1, -0.05) is 6.07 Å². The van der Waals surface area contributed by atoms with Crippen LogP contribution in [0.15, 0.2) is 67.1 Å². The van der Waals surface area contributed by atoms with E-state index in [1.807, 2.05) is 60.4 Å². The lowest BCUT2D eigenvalue weighted by molar-refractivity contribution is 0.0746. The molecule has 1 amide bonds. The minimum atomic E-state index is -0.432. The molecule has 1 atom stereocenters. The standard InChI is InChI=1S/C25H27N5O3/c1-25(17-32-20-5-4-9-26-16-20)18-33-22-8-7-19(15-21(22)28-25)24(31)30-13-11-29(12-14-30)23-6-2-3-10-27-23/h2-10,15-16,28H,11-14,17-18H2,1H3. The highest BCUT2D eigenvalue weighted by Gasteiger charge is 2.32. The number of benzene rings is 1. The lowest BCUT2D eigenvalue weighted by Crippen LogP contribution is -2.49. The molecule has 0 bridgehead atoms. The van der Waals surface area contributed by atoms with Crippen molar-refractivity contribution >= 4 is 17.4 Å². The van der Waals surface area contributed by atoms with Gasteiger partial charge >= 0.3 is 0 Å². The third-order valence-corrected chi connectivity index (χ3v) is 5.94. The van der Waals surface area contributed by atoms with Crippen LogP contribution < -0.4 is 19.7 Å². The third kappa shape index (κ3) is 4.69. The summed E-state index contributed by atoms with van der Waals surface area (Å²) < 4.78 is 11.9. The maximum atomic E-state index is 13.2.